The number of carbonyl (C=O) groups is 1. The maximum Gasteiger partial charge on any atom is 0.343 e. The molecule has 0 radical (unpaired) electrons. The van der Waals surface area contributed by atoms with Crippen LogP contribution in [0, 0.1) is 5.53 Å². The highest BCUT2D eigenvalue weighted by Crippen LogP contribution is 2.39. The predicted octanol–water partition coefficient (Wildman–Crippen LogP) is 4.02. The van der Waals surface area contributed by atoms with Gasteiger partial charge in [-0.2, -0.15) is 10.1 Å². The number of aromatic nitrogens is 2. The van der Waals surface area contributed by atoms with Crippen LogP contribution in [-0.2, 0) is 0 Å². The van der Waals surface area contributed by atoms with Crippen LogP contribution in [0.15, 0.2) is 29.5 Å². The minimum atomic E-state index is -0.0727. The van der Waals surface area contributed by atoms with Crippen LogP contribution >= 0.6 is 0 Å². The summed E-state index contributed by atoms with van der Waals surface area (Å²) in [5.41, 5.74) is 15.2. The number of nitrogen functional groups attached to an aromatic ring is 1. The van der Waals surface area contributed by atoms with Gasteiger partial charge in [0.2, 0.25) is 5.95 Å². The minimum absolute atomic E-state index is 0.0727. The minimum Gasteiger partial charge on any atom is -0.397 e. The van der Waals surface area contributed by atoms with Gasteiger partial charge in [0.1, 0.15) is 11.4 Å². The summed E-state index contributed by atoms with van der Waals surface area (Å²) in [6, 6.07) is 5.32. The van der Waals surface area contributed by atoms with E-state index in [9.17, 15) is 4.79 Å². The molecule has 0 bridgehead atoms. The standard InChI is InChI=1S/C19H25N9O/c1-3-27-19(29)26(2)16-11-22-18(23-12-8-9-14(20)15(10-12)25-21)24-17(16)28(27)13-6-4-5-7-13/h8-11,13,21H,3-7,20H2,1-2H3,(H,22,23,24). The smallest absolute Gasteiger partial charge is 0.343 e. The molecule has 0 atom stereocenters. The molecule has 2 amide bonds. The van der Waals surface area contributed by atoms with Crippen LogP contribution in [0.1, 0.15) is 32.6 Å². The Morgan fingerprint density at radius 1 is 1.34 bits per heavy atom. The molecule has 1 aromatic carbocycles. The van der Waals surface area contributed by atoms with Crippen LogP contribution in [-0.4, -0.2) is 40.6 Å². The molecular weight excluding hydrogens is 370 g/mol. The van der Waals surface area contributed by atoms with Crippen LogP contribution < -0.4 is 21.0 Å². The third-order valence-electron chi connectivity index (χ3n) is 5.47. The number of nitrogens with one attached hydrogen (secondary N) is 2. The van der Waals surface area contributed by atoms with E-state index in [1.54, 1.807) is 41.4 Å². The average molecular weight is 395 g/mol. The van der Waals surface area contributed by atoms with Crippen molar-refractivity contribution in [3.8, 4) is 0 Å². The Labute approximate surface area is 169 Å². The van der Waals surface area contributed by atoms with Crippen molar-refractivity contribution >= 4 is 40.5 Å². The molecule has 4 N–H and O–H groups in total. The molecule has 4 rings (SSSR count). The van der Waals surface area contributed by atoms with E-state index in [1.165, 1.54) is 0 Å². The summed E-state index contributed by atoms with van der Waals surface area (Å²) in [5, 5.41) is 10.4. The van der Waals surface area contributed by atoms with Crippen molar-refractivity contribution < 1.29 is 4.79 Å². The molecule has 0 saturated heterocycles. The molecule has 2 heterocycles. The summed E-state index contributed by atoms with van der Waals surface area (Å²) >= 11 is 0. The van der Waals surface area contributed by atoms with Crippen LogP contribution in [0.25, 0.3) is 0 Å². The van der Waals surface area contributed by atoms with Crippen molar-refractivity contribution in [2.24, 2.45) is 5.11 Å². The molecule has 29 heavy (non-hydrogen) atoms. The molecule has 2 aromatic rings. The summed E-state index contributed by atoms with van der Waals surface area (Å²) in [5.74, 6) is 1.13. The first-order valence-electron chi connectivity index (χ1n) is 9.79. The number of benzene rings is 1. The zero-order valence-corrected chi connectivity index (χ0v) is 16.6. The second kappa shape index (κ2) is 7.53. The first-order chi connectivity index (χ1) is 14.0. The van der Waals surface area contributed by atoms with E-state index in [0.29, 0.717) is 35.2 Å². The Hall–Kier alpha value is -3.43. The maximum atomic E-state index is 12.9. The highest BCUT2D eigenvalue weighted by atomic mass is 16.2. The van der Waals surface area contributed by atoms with Crippen molar-refractivity contribution in [2.75, 3.05) is 34.6 Å². The third-order valence-corrected chi connectivity index (χ3v) is 5.47. The van der Waals surface area contributed by atoms with E-state index in [0.717, 1.165) is 31.5 Å². The highest BCUT2D eigenvalue weighted by Gasteiger charge is 2.39. The van der Waals surface area contributed by atoms with Gasteiger partial charge in [0.25, 0.3) is 0 Å². The fraction of sp³-hybridized carbons (Fsp3) is 0.421. The number of anilines is 5. The normalized spacial score (nSPS) is 16.9. The van der Waals surface area contributed by atoms with E-state index in [1.807, 2.05) is 11.9 Å². The van der Waals surface area contributed by atoms with Gasteiger partial charge >= 0.3 is 6.03 Å². The van der Waals surface area contributed by atoms with Gasteiger partial charge in [-0.1, -0.05) is 12.8 Å². The fourth-order valence-corrected chi connectivity index (χ4v) is 3.97. The van der Waals surface area contributed by atoms with Gasteiger partial charge in [-0.05, 0) is 38.0 Å². The molecule has 1 aliphatic heterocycles. The third kappa shape index (κ3) is 3.30. The summed E-state index contributed by atoms with van der Waals surface area (Å²) in [7, 11) is 1.74. The topological polar surface area (TPSA) is 127 Å². The van der Waals surface area contributed by atoms with Crippen LogP contribution in [0.5, 0.6) is 0 Å². The number of urea groups is 1. The monoisotopic (exact) mass is 395 g/mol. The number of nitrogens with two attached hydrogens (primary N) is 1. The molecule has 10 heteroatoms. The van der Waals surface area contributed by atoms with E-state index in [-0.39, 0.29) is 12.1 Å². The molecule has 152 valence electrons. The molecule has 0 unspecified atom stereocenters. The first kappa shape index (κ1) is 18.9. The fourth-order valence-electron chi connectivity index (χ4n) is 3.97. The van der Waals surface area contributed by atoms with Crippen molar-refractivity contribution in [1.82, 2.24) is 15.0 Å². The number of rotatable bonds is 5. The van der Waals surface area contributed by atoms with Gasteiger partial charge in [0, 0.05) is 19.3 Å². The lowest BCUT2D eigenvalue weighted by molar-refractivity contribution is 0.191. The number of hydrogen-bond donors (Lipinski definition) is 3. The second-order valence-electron chi connectivity index (χ2n) is 7.25. The van der Waals surface area contributed by atoms with Gasteiger partial charge in [-0.25, -0.2) is 20.3 Å². The Balaban J connectivity index is 1.72. The maximum absolute atomic E-state index is 12.9. The summed E-state index contributed by atoms with van der Waals surface area (Å²) < 4.78 is 0. The SMILES string of the molecule is CCN1C(=O)N(C)c2cnc(Nc3ccc(N)c(N=N)c3)nc2N1C1CCCC1. The predicted molar refractivity (Wildman–Crippen MR) is 112 cm³/mol. The summed E-state index contributed by atoms with van der Waals surface area (Å²) in [6.45, 7) is 2.54. The van der Waals surface area contributed by atoms with Gasteiger partial charge in [0.15, 0.2) is 5.82 Å². The first-order valence-corrected chi connectivity index (χ1v) is 9.79. The number of nitrogens with zero attached hydrogens (tertiary/aromatic N) is 6. The van der Waals surface area contributed by atoms with Crippen molar-refractivity contribution in [1.29, 1.82) is 5.53 Å². The molecule has 1 aliphatic carbocycles. The second-order valence-corrected chi connectivity index (χ2v) is 7.25. The number of hydrogen-bond acceptors (Lipinski definition) is 8. The highest BCUT2D eigenvalue weighted by molar-refractivity contribution is 5.98. The van der Waals surface area contributed by atoms with Crippen LogP contribution in [0.4, 0.5) is 39.3 Å². The molecule has 1 fully saturated rings. The number of amides is 2. The van der Waals surface area contributed by atoms with Gasteiger partial charge in [0.05, 0.1) is 17.9 Å². The van der Waals surface area contributed by atoms with Crippen molar-refractivity contribution in [3.05, 3.63) is 24.4 Å². The number of carbonyl (C=O) groups excluding carboxylic acids is 1. The van der Waals surface area contributed by atoms with Gasteiger partial charge in [-0.15, -0.1) is 0 Å². The largest absolute Gasteiger partial charge is 0.397 e. The van der Waals surface area contributed by atoms with E-state index < -0.39 is 0 Å². The molecule has 2 aliphatic rings. The average Bonchev–Trinajstić information content (AvgIpc) is 3.26. The summed E-state index contributed by atoms with van der Waals surface area (Å²) in [4.78, 5) is 23.6. The molecular formula is C19H25N9O. The lowest BCUT2D eigenvalue weighted by atomic mass is 10.2. The number of hydrazine groups is 1. The molecule has 0 spiro atoms. The summed E-state index contributed by atoms with van der Waals surface area (Å²) in [6.07, 6.45) is 6.04. The molecule has 10 nitrogen and oxygen atoms in total. The zero-order chi connectivity index (χ0) is 20.5. The molecule has 1 saturated carbocycles. The van der Waals surface area contributed by atoms with Crippen LogP contribution in [0.3, 0.4) is 0 Å². The van der Waals surface area contributed by atoms with Crippen molar-refractivity contribution in [2.45, 2.75) is 38.6 Å². The Morgan fingerprint density at radius 3 is 2.79 bits per heavy atom. The lowest BCUT2D eigenvalue weighted by Crippen LogP contribution is -2.59. The van der Waals surface area contributed by atoms with Gasteiger partial charge in [-0.3, -0.25) is 9.91 Å². The Morgan fingerprint density at radius 2 is 2.10 bits per heavy atom. The zero-order valence-electron chi connectivity index (χ0n) is 16.6. The molecule has 1 aromatic heterocycles. The van der Waals surface area contributed by atoms with Crippen LogP contribution in [0.2, 0.25) is 0 Å². The Kier molecular flexibility index (Phi) is 4.91. The van der Waals surface area contributed by atoms with E-state index >= 15 is 0 Å². The number of fused-ring (bicyclic) bond motifs is 1. The quantitative estimate of drug-likeness (QED) is 0.518. The van der Waals surface area contributed by atoms with E-state index in [2.05, 4.69) is 15.4 Å². The Bertz CT molecular complexity index is 941. The van der Waals surface area contributed by atoms with E-state index in [4.69, 9.17) is 16.2 Å². The van der Waals surface area contributed by atoms with Gasteiger partial charge < -0.3 is 11.1 Å². The van der Waals surface area contributed by atoms with Crippen molar-refractivity contribution in [3.63, 3.8) is 0 Å². The lowest BCUT2D eigenvalue weighted by Gasteiger charge is -2.45.